The molecule has 0 aromatic rings. The summed E-state index contributed by atoms with van der Waals surface area (Å²) < 4.78 is 0. The van der Waals surface area contributed by atoms with Crippen LogP contribution in [0, 0.1) is 0 Å². The summed E-state index contributed by atoms with van der Waals surface area (Å²) in [6.45, 7) is 6.82. The van der Waals surface area contributed by atoms with Gasteiger partial charge >= 0.3 is 0 Å². The first-order chi connectivity index (χ1) is 6.74. The second kappa shape index (κ2) is 9.47. The molecule has 1 unspecified atom stereocenters. The van der Waals surface area contributed by atoms with Gasteiger partial charge in [-0.3, -0.25) is 0 Å². The van der Waals surface area contributed by atoms with Gasteiger partial charge in [-0.2, -0.15) is 0 Å². The van der Waals surface area contributed by atoms with Crippen LogP contribution < -0.4 is 5.32 Å². The smallest absolute Gasteiger partial charge is 0.0584 e. The Hall–Kier alpha value is -0.0800. The average molecular weight is 201 g/mol. The van der Waals surface area contributed by atoms with E-state index in [9.17, 15) is 0 Å². The standard InChI is InChI=1S/C12H27NO/c1-4-6-7-8-9-11(3)13-12(5-2)10-14/h11-14H,4-10H2,1-3H3/t11?,12-/m1/s1. The summed E-state index contributed by atoms with van der Waals surface area (Å²) in [5, 5.41) is 12.5. The average Bonchev–Trinajstić information content (AvgIpc) is 2.21. The van der Waals surface area contributed by atoms with Gasteiger partial charge in [-0.25, -0.2) is 0 Å². The molecular formula is C12H27NO. The summed E-state index contributed by atoms with van der Waals surface area (Å²) >= 11 is 0. The van der Waals surface area contributed by atoms with Gasteiger partial charge in [-0.05, 0) is 19.8 Å². The molecule has 0 aliphatic rings. The SMILES string of the molecule is CCCCCCC(C)N[C@H](CC)CO. The number of nitrogens with one attached hydrogen (secondary N) is 1. The van der Waals surface area contributed by atoms with Crippen LogP contribution in [0.1, 0.15) is 59.3 Å². The molecule has 0 aromatic carbocycles. The Labute approximate surface area is 89.1 Å². The Bertz CT molecular complexity index is 113. The van der Waals surface area contributed by atoms with E-state index in [2.05, 4.69) is 26.1 Å². The molecule has 0 aliphatic heterocycles. The van der Waals surface area contributed by atoms with Crippen molar-refractivity contribution in [3.05, 3.63) is 0 Å². The topological polar surface area (TPSA) is 32.3 Å². The Balaban J connectivity index is 3.38. The van der Waals surface area contributed by atoms with Crippen molar-refractivity contribution in [2.24, 2.45) is 0 Å². The predicted molar refractivity (Wildman–Crippen MR) is 62.5 cm³/mol. The molecule has 2 nitrogen and oxygen atoms in total. The quantitative estimate of drug-likeness (QED) is 0.562. The zero-order valence-electron chi connectivity index (χ0n) is 10.1. The van der Waals surface area contributed by atoms with E-state index in [4.69, 9.17) is 5.11 Å². The van der Waals surface area contributed by atoms with Crippen LogP contribution >= 0.6 is 0 Å². The van der Waals surface area contributed by atoms with Gasteiger partial charge in [0, 0.05) is 12.1 Å². The van der Waals surface area contributed by atoms with Crippen LogP contribution in [-0.4, -0.2) is 23.8 Å². The van der Waals surface area contributed by atoms with Crippen LogP contribution in [0.3, 0.4) is 0 Å². The first-order valence-electron chi connectivity index (χ1n) is 6.11. The molecule has 14 heavy (non-hydrogen) atoms. The number of aliphatic hydroxyl groups is 1. The minimum Gasteiger partial charge on any atom is -0.395 e. The molecule has 2 N–H and O–H groups in total. The van der Waals surface area contributed by atoms with Crippen LogP contribution in [0.25, 0.3) is 0 Å². The zero-order chi connectivity index (χ0) is 10.8. The Morgan fingerprint density at radius 3 is 2.36 bits per heavy atom. The lowest BCUT2D eigenvalue weighted by atomic mass is 10.1. The highest BCUT2D eigenvalue weighted by Crippen LogP contribution is 2.06. The first kappa shape index (κ1) is 13.9. The van der Waals surface area contributed by atoms with E-state index < -0.39 is 0 Å². The van der Waals surface area contributed by atoms with Gasteiger partial charge in [0.1, 0.15) is 0 Å². The van der Waals surface area contributed by atoms with Crippen LogP contribution in [0.5, 0.6) is 0 Å². The molecule has 0 fully saturated rings. The molecular weight excluding hydrogens is 174 g/mol. The highest BCUT2D eigenvalue weighted by Gasteiger charge is 2.08. The van der Waals surface area contributed by atoms with Crippen molar-refractivity contribution in [1.29, 1.82) is 0 Å². The molecule has 0 aromatic heterocycles. The second-order valence-corrected chi connectivity index (χ2v) is 4.20. The first-order valence-corrected chi connectivity index (χ1v) is 6.11. The van der Waals surface area contributed by atoms with Crippen molar-refractivity contribution in [3.63, 3.8) is 0 Å². The Morgan fingerprint density at radius 2 is 1.86 bits per heavy atom. The number of unbranched alkanes of at least 4 members (excludes halogenated alkanes) is 3. The molecule has 0 amide bonds. The van der Waals surface area contributed by atoms with Crippen molar-refractivity contribution >= 4 is 0 Å². The highest BCUT2D eigenvalue weighted by molar-refractivity contribution is 4.69. The lowest BCUT2D eigenvalue weighted by molar-refractivity contribution is 0.227. The summed E-state index contributed by atoms with van der Waals surface area (Å²) in [5.74, 6) is 0. The number of rotatable bonds is 9. The molecule has 0 bridgehead atoms. The van der Waals surface area contributed by atoms with Gasteiger partial charge < -0.3 is 10.4 Å². The van der Waals surface area contributed by atoms with Crippen molar-refractivity contribution < 1.29 is 5.11 Å². The van der Waals surface area contributed by atoms with E-state index in [-0.39, 0.29) is 12.6 Å². The van der Waals surface area contributed by atoms with Gasteiger partial charge in [-0.1, -0.05) is 39.5 Å². The van der Waals surface area contributed by atoms with Crippen molar-refractivity contribution in [2.75, 3.05) is 6.61 Å². The van der Waals surface area contributed by atoms with Gasteiger partial charge in [0.2, 0.25) is 0 Å². The molecule has 2 atom stereocenters. The van der Waals surface area contributed by atoms with Crippen LogP contribution in [0.2, 0.25) is 0 Å². The Morgan fingerprint density at radius 1 is 1.14 bits per heavy atom. The van der Waals surface area contributed by atoms with Crippen LogP contribution in [0.4, 0.5) is 0 Å². The van der Waals surface area contributed by atoms with Crippen molar-refractivity contribution in [3.8, 4) is 0 Å². The van der Waals surface area contributed by atoms with E-state index in [1.807, 2.05) is 0 Å². The van der Waals surface area contributed by atoms with Crippen LogP contribution in [0.15, 0.2) is 0 Å². The summed E-state index contributed by atoms with van der Waals surface area (Å²) in [5.41, 5.74) is 0. The number of aliphatic hydroxyl groups excluding tert-OH is 1. The predicted octanol–water partition coefficient (Wildman–Crippen LogP) is 2.71. The second-order valence-electron chi connectivity index (χ2n) is 4.20. The monoisotopic (exact) mass is 201 g/mol. The van der Waals surface area contributed by atoms with Crippen LogP contribution in [-0.2, 0) is 0 Å². The molecule has 0 aliphatic carbocycles. The number of hydrogen-bond donors (Lipinski definition) is 2. The van der Waals surface area contributed by atoms with Gasteiger partial charge in [0.15, 0.2) is 0 Å². The normalized spacial score (nSPS) is 15.4. The maximum Gasteiger partial charge on any atom is 0.0584 e. The summed E-state index contributed by atoms with van der Waals surface area (Å²) in [6.07, 6.45) is 7.55. The van der Waals surface area contributed by atoms with Gasteiger partial charge in [0.25, 0.3) is 0 Å². The van der Waals surface area contributed by atoms with E-state index in [0.717, 1.165) is 6.42 Å². The third-order valence-electron chi connectivity index (χ3n) is 2.72. The van der Waals surface area contributed by atoms with Gasteiger partial charge in [0.05, 0.1) is 6.61 Å². The van der Waals surface area contributed by atoms with E-state index >= 15 is 0 Å². The third kappa shape index (κ3) is 7.34. The zero-order valence-corrected chi connectivity index (χ0v) is 10.1. The molecule has 0 saturated carbocycles. The largest absolute Gasteiger partial charge is 0.395 e. The minimum absolute atomic E-state index is 0.260. The molecule has 0 rings (SSSR count). The fourth-order valence-corrected chi connectivity index (χ4v) is 1.66. The van der Waals surface area contributed by atoms with Crippen molar-refractivity contribution in [2.45, 2.75) is 71.4 Å². The maximum absolute atomic E-state index is 9.02. The van der Waals surface area contributed by atoms with Gasteiger partial charge in [-0.15, -0.1) is 0 Å². The summed E-state index contributed by atoms with van der Waals surface area (Å²) in [7, 11) is 0. The van der Waals surface area contributed by atoms with E-state index in [0.29, 0.717) is 6.04 Å². The fraction of sp³-hybridized carbons (Fsp3) is 1.00. The summed E-state index contributed by atoms with van der Waals surface area (Å²) in [4.78, 5) is 0. The minimum atomic E-state index is 0.260. The molecule has 0 heterocycles. The molecule has 0 saturated heterocycles. The lowest BCUT2D eigenvalue weighted by Gasteiger charge is -2.20. The third-order valence-corrected chi connectivity index (χ3v) is 2.72. The molecule has 86 valence electrons. The molecule has 0 radical (unpaired) electrons. The summed E-state index contributed by atoms with van der Waals surface area (Å²) in [6, 6.07) is 0.833. The number of hydrogen-bond acceptors (Lipinski definition) is 2. The Kier molecular flexibility index (Phi) is 9.42. The lowest BCUT2D eigenvalue weighted by Crippen LogP contribution is -2.38. The highest BCUT2D eigenvalue weighted by atomic mass is 16.3. The van der Waals surface area contributed by atoms with Crippen molar-refractivity contribution in [1.82, 2.24) is 5.32 Å². The van der Waals surface area contributed by atoms with E-state index in [1.165, 1.54) is 32.1 Å². The molecule has 0 spiro atoms. The molecule has 2 heteroatoms. The maximum atomic E-state index is 9.02. The fourth-order valence-electron chi connectivity index (χ4n) is 1.66. The van der Waals surface area contributed by atoms with E-state index in [1.54, 1.807) is 0 Å².